The molecule has 2 rings (SSSR count). The lowest BCUT2D eigenvalue weighted by atomic mass is 10.2. The van der Waals surface area contributed by atoms with Crippen LogP contribution in [0.4, 0.5) is 0 Å². The molecule has 1 aromatic carbocycles. The van der Waals surface area contributed by atoms with Crippen molar-refractivity contribution in [3.63, 3.8) is 0 Å². The molecule has 1 aliphatic rings. The Morgan fingerprint density at radius 3 is 2.67 bits per heavy atom. The van der Waals surface area contributed by atoms with Gasteiger partial charge in [0.15, 0.2) is 0 Å². The molecule has 1 aliphatic heterocycles. The standard InChI is InChI=1S/C14H14N2O3S2/c1-15-12(17)8-16-13(18)11(21-14(16)20)7-9-3-5-10(19-2)6-4-9/h3-7H,8H2,1-2H3,(H,15,17). The average molecular weight is 322 g/mol. The zero-order chi connectivity index (χ0) is 15.4. The van der Waals surface area contributed by atoms with Crippen LogP contribution in [0.5, 0.6) is 5.75 Å². The number of rotatable bonds is 4. The molecule has 1 saturated heterocycles. The molecule has 1 aromatic rings. The lowest BCUT2D eigenvalue weighted by molar-refractivity contribution is -0.128. The first-order valence-electron chi connectivity index (χ1n) is 6.15. The zero-order valence-electron chi connectivity index (χ0n) is 11.6. The minimum absolute atomic E-state index is 0.0544. The van der Waals surface area contributed by atoms with Crippen LogP contribution in [0.25, 0.3) is 6.08 Å². The minimum atomic E-state index is -0.253. The summed E-state index contributed by atoms with van der Waals surface area (Å²) in [4.78, 5) is 25.4. The number of nitrogens with zero attached hydrogens (tertiary/aromatic N) is 1. The predicted molar refractivity (Wildman–Crippen MR) is 86.9 cm³/mol. The molecule has 7 heteroatoms. The predicted octanol–water partition coefficient (Wildman–Crippen LogP) is 1.64. The summed E-state index contributed by atoms with van der Waals surface area (Å²) in [5, 5.41) is 2.48. The van der Waals surface area contributed by atoms with Crippen LogP contribution >= 0.6 is 24.0 Å². The topological polar surface area (TPSA) is 58.6 Å². The van der Waals surface area contributed by atoms with Crippen LogP contribution in [0.2, 0.25) is 0 Å². The summed E-state index contributed by atoms with van der Waals surface area (Å²) >= 11 is 6.34. The molecule has 0 saturated carbocycles. The number of amides is 2. The maximum Gasteiger partial charge on any atom is 0.266 e. The lowest BCUT2D eigenvalue weighted by Gasteiger charge is -2.12. The molecule has 0 atom stereocenters. The van der Waals surface area contributed by atoms with Crippen LogP contribution in [-0.2, 0) is 9.59 Å². The molecule has 0 aromatic heterocycles. The molecule has 1 heterocycles. The van der Waals surface area contributed by atoms with Gasteiger partial charge in [-0.15, -0.1) is 0 Å². The summed E-state index contributed by atoms with van der Waals surface area (Å²) in [6.07, 6.45) is 1.75. The Hall–Kier alpha value is -1.86. The van der Waals surface area contributed by atoms with Crippen molar-refractivity contribution in [1.82, 2.24) is 10.2 Å². The second-order valence-electron chi connectivity index (χ2n) is 4.21. The molecule has 0 spiro atoms. The molecule has 0 bridgehead atoms. The fourth-order valence-corrected chi connectivity index (χ4v) is 2.97. The van der Waals surface area contributed by atoms with Gasteiger partial charge in [0.05, 0.1) is 12.0 Å². The average Bonchev–Trinajstić information content (AvgIpc) is 2.75. The van der Waals surface area contributed by atoms with E-state index in [1.165, 1.54) is 23.7 Å². The highest BCUT2D eigenvalue weighted by atomic mass is 32.2. The third-order valence-corrected chi connectivity index (χ3v) is 4.25. The number of likely N-dealkylation sites (N-methyl/N-ethyl adjacent to an activating group) is 1. The molecule has 5 nitrogen and oxygen atoms in total. The van der Waals surface area contributed by atoms with Crippen LogP contribution < -0.4 is 10.1 Å². The first-order valence-corrected chi connectivity index (χ1v) is 7.37. The highest BCUT2D eigenvalue weighted by Gasteiger charge is 2.33. The number of hydrogen-bond donors (Lipinski definition) is 1. The Kier molecular flexibility index (Phi) is 4.98. The van der Waals surface area contributed by atoms with E-state index in [2.05, 4.69) is 5.32 Å². The Bertz CT molecular complexity index is 611. The summed E-state index contributed by atoms with van der Waals surface area (Å²) in [5.74, 6) is 0.251. The first-order chi connectivity index (χ1) is 10.0. The molecule has 0 unspecified atom stereocenters. The van der Waals surface area contributed by atoms with Crippen molar-refractivity contribution in [3.8, 4) is 5.75 Å². The second kappa shape index (κ2) is 6.73. The fraction of sp³-hybridized carbons (Fsp3) is 0.214. The number of carbonyl (C=O) groups is 2. The van der Waals surface area contributed by atoms with E-state index in [-0.39, 0.29) is 18.4 Å². The van der Waals surface area contributed by atoms with Crippen molar-refractivity contribution >= 4 is 46.2 Å². The van der Waals surface area contributed by atoms with Gasteiger partial charge in [0.1, 0.15) is 16.6 Å². The normalized spacial score (nSPS) is 16.5. The van der Waals surface area contributed by atoms with Gasteiger partial charge in [-0.3, -0.25) is 14.5 Å². The molecule has 21 heavy (non-hydrogen) atoms. The summed E-state index contributed by atoms with van der Waals surface area (Å²) < 4.78 is 5.48. The monoisotopic (exact) mass is 322 g/mol. The number of methoxy groups -OCH3 is 1. The number of benzene rings is 1. The van der Waals surface area contributed by atoms with E-state index < -0.39 is 0 Å². The lowest BCUT2D eigenvalue weighted by Crippen LogP contribution is -2.38. The van der Waals surface area contributed by atoms with Gasteiger partial charge in [-0.05, 0) is 23.8 Å². The third-order valence-electron chi connectivity index (χ3n) is 2.87. The van der Waals surface area contributed by atoms with Crippen LogP contribution in [0.15, 0.2) is 29.2 Å². The molecule has 0 radical (unpaired) electrons. The first kappa shape index (κ1) is 15.5. The fourth-order valence-electron chi connectivity index (χ4n) is 1.71. The molecule has 2 amide bonds. The SMILES string of the molecule is CNC(=O)CN1C(=O)C(=Cc2ccc(OC)cc2)SC1=S. The van der Waals surface area contributed by atoms with Crippen molar-refractivity contribution in [2.75, 3.05) is 20.7 Å². The van der Waals surface area contributed by atoms with Gasteiger partial charge in [0.2, 0.25) is 5.91 Å². The second-order valence-corrected chi connectivity index (χ2v) is 5.89. The van der Waals surface area contributed by atoms with Crippen molar-refractivity contribution in [3.05, 3.63) is 34.7 Å². The van der Waals surface area contributed by atoms with E-state index in [0.29, 0.717) is 9.23 Å². The van der Waals surface area contributed by atoms with Crippen molar-refractivity contribution in [2.45, 2.75) is 0 Å². The van der Waals surface area contributed by atoms with Crippen molar-refractivity contribution in [1.29, 1.82) is 0 Å². The Balaban J connectivity index is 2.17. The number of thiocarbonyl (C=S) groups is 1. The molecular weight excluding hydrogens is 308 g/mol. The zero-order valence-corrected chi connectivity index (χ0v) is 13.2. The highest BCUT2D eigenvalue weighted by molar-refractivity contribution is 8.26. The molecular formula is C14H14N2O3S2. The smallest absolute Gasteiger partial charge is 0.266 e. The maximum atomic E-state index is 12.2. The molecule has 0 aliphatic carbocycles. The van der Waals surface area contributed by atoms with Gasteiger partial charge in [-0.2, -0.15) is 0 Å². The largest absolute Gasteiger partial charge is 0.497 e. The summed E-state index contributed by atoms with van der Waals surface area (Å²) in [6.45, 7) is -0.0544. The maximum absolute atomic E-state index is 12.2. The van der Waals surface area contributed by atoms with E-state index in [0.717, 1.165) is 11.3 Å². The summed E-state index contributed by atoms with van der Waals surface area (Å²) in [7, 11) is 3.12. The van der Waals surface area contributed by atoms with E-state index in [9.17, 15) is 9.59 Å². The number of ether oxygens (including phenoxy) is 1. The molecule has 1 fully saturated rings. The van der Waals surface area contributed by atoms with E-state index in [1.807, 2.05) is 24.3 Å². The van der Waals surface area contributed by atoms with Gasteiger partial charge in [0.25, 0.3) is 5.91 Å². The van der Waals surface area contributed by atoms with E-state index in [1.54, 1.807) is 13.2 Å². The minimum Gasteiger partial charge on any atom is -0.497 e. The molecule has 110 valence electrons. The summed E-state index contributed by atoms with van der Waals surface area (Å²) in [5.41, 5.74) is 0.872. The van der Waals surface area contributed by atoms with Gasteiger partial charge in [-0.25, -0.2) is 0 Å². The number of nitrogens with one attached hydrogen (secondary N) is 1. The summed E-state index contributed by atoms with van der Waals surface area (Å²) in [6, 6.07) is 7.34. The third kappa shape index (κ3) is 3.62. The van der Waals surface area contributed by atoms with Gasteiger partial charge in [0, 0.05) is 7.05 Å². The Morgan fingerprint density at radius 1 is 1.43 bits per heavy atom. The molecule has 1 N–H and O–H groups in total. The van der Waals surface area contributed by atoms with Crippen molar-refractivity contribution < 1.29 is 14.3 Å². The quantitative estimate of drug-likeness (QED) is 0.675. The van der Waals surface area contributed by atoms with Gasteiger partial charge >= 0.3 is 0 Å². The van der Waals surface area contributed by atoms with Crippen molar-refractivity contribution in [2.24, 2.45) is 0 Å². The number of hydrogen-bond acceptors (Lipinski definition) is 5. The van der Waals surface area contributed by atoms with Crippen LogP contribution in [0.3, 0.4) is 0 Å². The number of carbonyl (C=O) groups excluding carboxylic acids is 2. The highest BCUT2D eigenvalue weighted by Crippen LogP contribution is 2.32. The van der Waals surface area contributed by atoms with Crippen LogP contribution in [-0.4, -0.2) is 41.7 Å². The van der Waals surface area contributed by atoms with Gasteiger partial charge in [-0.1, -0.05) is 36.1 Å². The van der Waals surface area contributed by atoms with Gasteiger partial charge < -0.3 is 10.1 Å². The van der Waals surface area contributed by atoms with Crippen LogP contribution in [0.1, 0.15) is 5.56 Å². The Labute approximate surface area is 132 Å². The van der Waals surface area contributed by atoms with Crippen LogP contribution in [0, 0.1) is 0 Å². The van der Waals surface area contributed by atoms with E-state index >= 15 is 0 Å². The number of thioether (sulfide) groups is 1. The Morgan fingerprint density at radius 2 is 2.10 bits per heavy atom. The van der Waals surface area contributed by atoms with E-state index in [4.69, 9.17) is 17.0 Å².